The minimum atomic E-state index is -1.29. The van der Waals surface area contributed by atoms with Crippen LogP contribution < -0.4 is 0 Å². The van der Waals surface area contributed by atoms with E-state index in [1.54, 1.807) is 0 Å². The number of hydrogen-bond donors (Lipinski definition) is 3. The minimum absolute atomic E-state index is 0.279. The summed E-state index contributed by atoms with van der Waals surface area (Å²) >= 11 is 0. The Morgan fingerprint density at radius 1 is 1.62 bits per heavy atom. The van der Waals surface area contributed by atoms with Crippen LogP contribution in [0.1, 0.15) is 26.2 Å². The van der Waals surface area contributed by atoms with Gasteiger partial charge in [-0.2, -0.15) is 0 Å². The molecule has 3 heteroatoms. The molecule has 0 aromatic carbocycles. The summed E-state index contributed by atoms with van der Waals surface area (Å²) in [6, 6.07) is 0. The fraction of sp³-hybridized carbons (Fsp3) is 0.800. The van der Waals surface area contributed by atoms with Gasteiger partial charge < -0.3 is 15.3 Å². The Morgan fingerprint density at radius 3 is 2.62 bits per heavy atom. The number of allylic oxidation sites excluding steroid dienone is 1. The van der Waals surface area contributed by atoms with Gasteiger partial charge in [0, 0.05) is 0 Å². The topological polar surface area (TPSA) is 60.7 Å². The average Bonchev–Trinajstić information content (AvgIpc) is 2.09. The van der Waals surface area contributed by atoms with E-state index in [1.165, 1.54) is 0 Å². The van der Waals surface area contributed by atoms with Crippen LogP contribution in [0.4, 0.5) is 0 Å². The summed E-state index contributed by atoms with van der Waals surface area (Å²) in [5.41, 5.74) is -0.245. The Morgan fingerprint density at radius 2 is 2.23 bits per heavy atom. The lowest BCUT2D eigenvalue weighted by molar-refractivity contribution is -0.133. The monoisotopic (exact) mass is 186 g/mol. The second kappa shape index (κ2) is 3.78. The standard InChI is InChI=1S/C10H18O3/c1-7(2)8-3-4-10(13,6-11)9(12)5-8/h8-9,11-13H,1,3-6H2,2H3/t8-,9?,10?/m0/s1. The van der Waals surface area contributed by atoms with Gasteiger partial charge in [0.25, 0.3) is 0 Å². The SMILES string of the molecule is C=C(C)[C@H]1CCC(O)(CO)C(O)C1. The summed E-state index contributed by atoms with van der Waals surface area (Å²) in [4.78, 5) is 0. The number of rotatable bonds is 2. The molecule has 1 fully saturated rings. The highest BCUT2D eigenvalue weighted by Crippen LogP contribution is 2.35. The molecule has 0 aromatic rings. The van der Waals surface area contributed by atoms with E-state index in [2.05, 4.69) is 6.58 Å². The van der Waals surface area contributed by atoms with Gasteiger partial charge in [0.05, 0.1) is 12.7 Å². The van der Waals surface area contributed by atoms with Crippen LogP contribution in [-0.4, -0.2) is 33.6 Å². The van der Waals surface area contributed by atoms with E-state index in [9.17, 15) is 10.2 Å². The van der Waals surface area contributed by atoms with E-state index in [4.69, 9.17) is 5.11 Å². The predicted octanol–water partition coefficient (Wildman–Crippen LogP) is 0.447. The van der Waals surface area contributed by atoms with Gasteiger partial charge in [0.1, 0.15) is 5.60 Å². The van der Waals surface area contributed by atoms with Gasteiger partial charge in [0.15, 0.2) is 0 Å². The highest BCUT2D eigenvalue weighted by atomic mass is 16.4. The average molecular weight is 186 g/mol. The van der Waals surface area contributed by atoms with Crippen molar-refractivity contribution in [3.8, 4) is 0 Å². The normalized spacial score (nSPS) is 40.3. The van der Waals surface area contributed by atoms with Crippen LogP contribution in [-0.2, 0) is 0 Å². The second-order valence-corrected chi connectivity index (χ2v) is 4.10. The van der Waals surface area contributed by atoms with Crippen molar-refractivity contribution in [1.82, 2.24) is 0 Å². The molecule has 0 radical (unpaired) electrons. The van der Waals surface area contributed by atoms with Crippen molar-refractivity contribution in [2.45, 2.75) is 37.9 Å². The first kappa shape index (κ1) is 10.7. The first-order valence-corrected chi connectivity index (χ1v) is 4.66. The van der Waals surface area contributed by atoms with Gasteiger partial charge in [-0.3, -0.25) is 0 Å². The molecule has 0 saturated heterocycles. The number of aliphatic hydroxyl groups excluding tert-OH is 2. The van der Waals surface area contributed by atoms with Gasteiger partial charge in [-0.25, -0.2) is 0 Å². The van der Waals surface area contributed by atoms with E-state index in [0.29, 0.717) is 12.8 Å². The Bertz CT molecular complexity index is 202. The van der Waals surface area contributed by atoms with Gasteiger partial charge in [0.2, 0.25) is 0 Å². The van der Waals surface area contributed by atoms with Crippen molar-refractivity contribution in [1.29, 1.82) is 0 Å². The Hall–Kier alpha value is -0.380. The van der Waals surface area contributed by atoms with E-state index >= 15 is 0 Å². The third-order valence-electron chi connectivity index (χ3n) is 3.02. The molecule has 13 heavy (non-hydrogen) atoms. The third kappa shape index (κ3) is 2.10. The maximum absolute atomic E-state index is 9.72. The summed E-state index contributed by atoms with van der Waals surface area (Å²) in [7, 11) is 0. The van der Waals surface area contributed by atoms with Crippen molar-refractivity contribution in [2.24, 2.45) is 5.92 Å². The molecule has 3 N–H and O–H groups in total. The lowest BCUT2D eigenvalue weighted by Gasteiger charge is -2.39. The molecule has 1 aliphatic rings. The van der Waals surface area contributed by atoms with Crippen LogP contribution in [0.2, 0.25) is 0 Å². The molecule has 2 unspecified atom stereocenters. The Labute approximate surface area is 78.7 Å². The maximum atomic E-state index is 9.72. The molecule has 76 valence electrons. The van der Waals surface area contributed by atoms with E-state index in [1.807, 2.05) is 6.92 Å². The molecule has 0 aromatic heterocycles. The smallest absolute Gasteiger partial charge is 0.113 e. The van der Waals surface area contributed by atoms with Crippen molar-refractivity contribution >= 4 is 0 Å². The summed E-state index contributed by atoms with van der Waals surface area (Å²) in [5, 5.41) is 28.2. The highest BCUT2D eigenvalue weighted by molar-refractivity contribution is 5.03. The first-order chi connectivity index (χ1) is 5.99. The van der Waals surface area contributed by atoms with Crippen LogP contribution in [0.15, 0.2) is 12.2 Å². The number of hydrogen-bond acceptors (Lipinski definition) is 3. The molecule has 0 amide bonds. The van der Waals surface area contributed by atoms with Crippen LogP contribution in [0, 0.1) is 5.92 Å². The quantitative estimate of drug-likeness (QED) is 0.549. The van der Waals surface area contributed by atoms with E-state index in [-0.39, 0.29) is 12.5 Å². The summed E-state index contributed by atoms with van der Waals surface area (Å²) in [5.74, 6) is 0.279. The predicted molar refractivity (Wildman–Crippen MR) is 50.2 cm³/mol. The van der Waals surface area contributed by atoms with Crippen LogP contribution in [0.25, 0.3) is 0 Å². The molecule has 3 atom stereocenters. The third-order valence-corrected chi connectivity index (χ3v) is 3.02. The van der Waals surface area contributed by atoms with Gasteiger partial charge in [-0.1, -0.05) is 12.2 Å². The van der Waals surface area contributed by atoms with Crippen LogP contribution in [0.5, 0.6) is 0 Å². The molecular formula is C10H18O3. The summed E-state index contributed by atoms with van der Waals surface area (Å²) in [6.45, 7) is 5.40. The van der Waals surface area contributed by atoms with Crippen LogP contribution in [0.3, 0.4) is 0 Å². The molecule has 1 saturated carbocycles. The molecule has 0 aliphatic heterocycles. The van der Waals surface area contributed by atoms with Crippen molar-refractivity contribution in [2.75, 3.05) is 6.61 Å². The molecule has 1 rings (SSSR count). The van der Waals surface area contributed by atoms with Crippen LogP contribution >= 0.6 is 0 Å². The zero-order valence-corrected chi connectivity index (χ0v) is 8.03. The zero-order valence-electron chi connectivity index (χ0n) is 8.03. The lowest BCUT2D eigenvalue weighted by atomic mass is 9.75. The Kier molecular flexibility index (Phi) is 3.11. The zero-order chi connectivity index (χ0) is 10.1. The molecular weight excluding hydrogens is 168 g/mol. The van der Waals surface area contributed by atoms with Gasteiger partial charge >= 0.3 is 0 Å². The first-order valence-electron chi connectivity index (χ1n) is 4.66. The Balaban J connectivity index is 2.61. The molecule has 3 nitrogen and oxygen atoms in total. The van der Waals surface area contributed by atoms with E-state index < -0.39 is 11.7 Å². The fourth-order valence-electron chi connectivity index (χ4n) is 1.83. The molecule has 0 spiro atoms. The van der Waals surface area contributed by atoms with Crippen molar-refractivity contribution in [3.63, 3.8) is 0 Å². The van der Waals surface area contributed by atoms with Crippen molar-refractivity contribution < 1.29 is 15.3 Å². The number of aliphatic hydroxyl groups is 3. The highest BCUT2D eigenvalue weighted by Gasteiger charge is 2.40. The second-order valence-electron chi connectivity index (χ2n) is 4.10. The van der Waals surface area contributed by atoms with Crippen molar-refractivity contribution in [3.05, 3.63) is 12.2 Å². The lowest BCUT2D eigenvalue weighted by Crippen LogP contribution is -2.49. The summed E-state index contributed by atoms with van der Waals surface area (Å²) < 4.78 is 0. The maximum Gasteiger partial charge on any atom is 0.113 e. The molecule has 0 bridgehead atoms. The van der Waals surface area contributed by atoms with Gasteiger partial charge in [-0.05, 0) is 32.1 Å². The summed E-state index contributed by atoms with van der Waals surface area (Å²) in [6.07, 6.45) is 0.922. The van der Waals surface area contributed by atoms with E-state index in [0.717, 1.165) is 12.0 Å². The van der Waals surface area contributed by atoms with Gasteiger partial charge in [-0.15, -0.1) is 0 Å². The molecule has 1 aliphatic carbocycles. The largest absolute Gasteiger partial charge is 0.393 e. The fourth-order valence-corrected chi connectivity index (χ4v) is 1.83. The molecule has 0 heterocycles. The minimum Gasteiger partial charge on any atom is -0.393 e.